The molecule has 0 unspecified atom stereocenters. The van der Waals surface area contributed by atoms with Crippen LogP contribution in [0.5, 0.6) is 5.75 Å². The van der Waals surface area contributed by atoms with Gasteiger partial charge in [-0.3, -0.25) is 0 Å². The van der Waals surface area contributed by atoms with Gasteiger partial charge in [0.05, 0.1) is 6.54 Å². The molecular formula is C21H30N2O. The molecule has 0 heterocycles. The average Bonchev–Trinajstić information content (AvgIpc) is 2.59. The molecule has 0 bridgehead atoms. The van der Waals surface area contributed by atoms with E-state index in [9.17, 15) is 0 Å². The Kier molecular flexibility index (Phi) is 6.53. The second-order valence-corrected chi connectivity index (χ2v) is 6.25. The van der Waals surface area contributed by atoms with Crippen molar-refractivity contribution in [3.63, 3.8) is 0 Å². The lowest BCUT2D eigenvalue weighted by Gasteiger charge is -2.22. The van der Waals surface area contributed by atoms with Gasteiger partial charge in [0.1, 0.15) is 11.9 Å². The first-order valence-electron chi connectivity index (χ1n) is 8.86. The summed E-state index contributed by atoms with van der Waals surface area (Å²) in [7, 11) is 0. The quantitative estimate of drug-likeness (QED) is 0.736. The van der Waals surface area contributed by atoms with E-state index in [1.54, 1.807) is 0 Å². The van der Waals surface area contributed by atoms with Crippen LogP contribution in [0.25, 0.3) is 0 Å². The average molecular weight is 326 g/mol. The fourth-order valence-corrected chi connectivity index (χ4v) is 2.87. The number of benzene rings is 2. The summed E-state index contributed by atoms with van der Waals surface area (Å²) in [6.45, 7) is 13.5. The summed E-state index contributed by atoms with van der Waals surface area (Å²) in [5.74, 6) is 1.00. The zero-order valence-corrected chi connectivity index (χ0v) is 15.6. The van der Waals surface area contributed by atoms with Crippen LogP contribution in [0.1, 0.15) is 31.9 Å². The van der Waals surface area contributed by atoms with Crippen LogP contribution in [0.2, 0.25) is 0 Å². The van der Waals surface area contributed by atoms with Crippen molar-refractivity contribution in [2.24, 2.45) is 0 Å². The van der Waals surface area contributed by atoms with E-state index in [0.29, 0.717) is 0 Å². The minimum atomic E-state index is 0.104. The first-order chi connectivity index (χ1) is 11.5. The second-order valence-electron chi connectivity index (χ2n) is 6.25. The number of nitrogens with zero attached hydrogens (tertiary/aromatic N) is 1. The van der Waals surface area contributed by atoms with Crippen LogP contribution in [0, 0.1) is 13.8 Å². The smallest absolute Gasteiger partial charge is 0.125 e. The molecule has 24 heavy (non-hydrogen) atoms. The van der Waals surface area contributed by atoms with Gasteiger partial charge >= 0.3 is 0 Å². The van der Waals surface area contributed by atoms with Crippen molar-refractivity contribution in [3.05, 3.63) is 53.6 Å². The van der Waals surface area contributed by atoms with Gasteiger partial charge < -0.3 is 15.0 Å². The number of nitrogens with one attached hydrogen (secondary N) is 1. The SMILES string of the molecule is CCN(CC)c1ccc(NC[C@@H](C)Oc2c(C)cccc2C)cc1. The Morgan fingerprint density at radius 3 is 2.08 bits per heavy atom. The molecule has 0 saturated heterocycles. The van der Waals surface area contributed by atoms with Gasteiger partial charge in [-0.25, -0.2) is 0 Å². The maximum absolute atomic E-state index is 6.12. The third-order valence-electron chi connectivity index (χ3n) is 4.32. The number of aryl methyl sites for hydroxylation is 2. The number of hydrogen-bond acceptors (Lipinski definition) is 3. The van der Waals surface area contributed by atoms with Gasteiger partial charge in [0.15, 0.2) is 0 Å². The molecule has 0 radical (unpaired) electrons. The molecule has 0 saturated carbocycles. The zero-order chi connectivity index (χ0) is 17.5. The largest absolute Gasteiger partial charge is 0.488 e. The Morgan fingerprint density at radius 1 is 0.958 bits per heavy atom. The van der Waals surface area contributed by atoms with Gasteiger partial charge in [0.25, 0.3) is 0 Å². The number of anilines is 2. The molecule has 3 nitrogen and oxygen atoms in total. The van der Waals surface area contributed by atoms with Crippen molar-refractivity contribution in [2.45, 2.75) is 40.7 Å². The molecule has 3 heteroatoms. The zero-order valence-electron chi connectivity index (χ0n) is 15.6. The molecule has 1 atom stereocenters. The van der Waals surface area contributed by atoms with Crippen molar-refractivity contribution in [3.8, 4) is 5.75 Å². The normalized spacial score (nSPS) is 11.9. The summed E-state index contributed by atoms with van der Waals surface area (Å²) in [4.78, 5) is 2.34. The van der Waals surface area contributed by atoms with E-state index in [-0.39, 0.29) is 6.10 Å². The van der Waals surface area contributed by atoms with Gasteiger partial charge in [-0.05, 0) is 70.0 Å². The summed E-state index contributed by atoms with van der Waals surface area (Å²) in [6.07, 6.45) is 0.104. The lowest BCUT2D eigenvalue weighted by Crippen LogP contribution is -2.23. The van der Waals surface area contributed by atoms with Crippen molar-refractivity contribution < 1.29 is 4.74 Å². The van der Waals surface area contributed by atoms with Crippen LogP contribution < -0.4 is 15.0 Å². The van der Waals surface area contributed by atoms with Crippen LogP contribution in [0.3, 0.4) is 0 Å². The number of ether oxygens (including phenoxy) is 1. The van der Waals surface area contributed by atoms with E-state index in [0.717, 1.165) is 31.1 Å². The van der Waals surface area contributed by atoms with Gasteiger partial charge in [-0.15, -0.1) is 0 Å². The summed E-state index contributed by atoms with van der Waals surface area (Å²) < 4.78 is 6.12. The first-order valence-corrected chi connectivity index (χ1v) is 8.86. The molecule has 2 aromatic rings. The molecule has 0 aliphatic heterocycles. The lowest BCUT2D eigenvalue weighted by molar-refractivity contribution is 0.231. The van der Waals surface area contributed by atoms with Crippen LogP contribution in [-0.2, 0) is 0 Å². The highest BCUT2D eigenvalue weighted by atomic mass is 16.5. The minimum Gasteiger partial charge on any atom is -0.488 e. The molecule has 0 fully saturated rings. The highest BCUT2D eigenvalue weighted by Gasteiger charge is 2.09. The van der Waals surface area contributed by atoms with Gasteiger partial charge in [-0.2, -0.15) is 0 Å². The third-order valence-corrected chi connectivity index (χ3v) is 4.32. The summed E-state index contributed by atoms with van der Waals surface area (Å²) in [5.41, 5.74) is 4.77. The van der Waals surface area contributed by atoms with Crippen LogP contribution in [-0.4, -0.2) is 25.7 Å². The van der Waals surface area contributed by atoms with E-state index < -0.39 is 0 Å². The van der Waals surface area contributed by atoms with E-state index in [1.165, 1.54) is 16.8 Å². The molecule has 0 aliphatic rings. The summed E-state index contributed by atoms with van der Waals surface area (Å²) in [6, 6.07) is 14.9. The second kappa shape index (κ2) is 8.62. The van der Waals surface area contributed by atoms with E-state index in [1.807, 2.05) is 0 Å². The van der Waals surface area contributed by atoms with E-state index >= 15 is 0 Å². The van der Waals surface area contributed by atoms with Crippen LogP contribution in [0.4, 0.5) is 11.4 Å². The van der Waals surface area contributed by atoms with Gasteiger partial charge in [0, 0.05) is 24.5 Å². The maximum Gasteiger partial charge on any atom is 0.125 e. The maximum atomic E-state index is 6.12. The number of hydrogen-bond donors (Lipinski definition) is 1. The molecule has 1 N–H and O–H groups in total. The Hall–Kier alpha value is -2.16. The molecular weight excluding hydrogens is 296 g/mol. The van der Waals surface area contributed by atoms with Crippen molar-refractivity contribution in [2.75, 3.05) is 29.9 Å². The van der Waals surface area contributed by atoms with Crippen molar-refractivity contribution in [1.82, 2.24) is 0 Å². The molecule has 130 valence electrons. The van der Waals surface area contributed by atoms with Crippen LogP contribution in [0.15, 0.2) is 42.5 Å². The monoisotopic (exact) mass is 326 g/mol. The standard InChI is InChI=1S/C21H30N2O/c1-6-23(7-2)20-13-11-19(12-14-20)22-15-18(5)24-21-16(3)9-8-10-17(21)4/h8-14,18,22H,6-7,15H2,1-5H3/t18-/m1/s1. The fourth-order valence-electron chi connectivity index (χ4n) is 2.87. The van der Waals surface area contributed by atoms with E-state index in [2.05, 4.69) is 87.3 Å². The Balaban J connectivity index is 1.91. The predicted molar refractivity (Wildman–Crippen MR) is 104 cm³/mol. The highest BCUT2D eigenvalue weighted by Crippen LogP contribution is 2.24. The molecule has 0 aliphatic carbocycles. The topological polar surface area (TPSA) is 24.5 Å². The van der Waals surface area contributed by atoms with Gasteiger partial charge in [-0.1, -0.05) is 18.2 Å². The predicted octanol–water partition coefficient (Wildman–Crippen LogP) is 5.03. The summed E-state index contributed by atoms with van der Waals surface area (Å²) >= 11 is 0. The van der Waals surface area contributed by atoms with Crippen molar-refractivity contribution >= 4 is 11.4 Å². The van der Waals surface area contributed by atoms with E-state index in [4.69, 9.17) is 4.74 Å². The van der Waals surface area contributed by atoms with Gasteiger partial charge in [0.2, 0.25) is 0 Å². The lowest BCUT2D eigenvalue weighted by atomic mass is 10.1. The molecule has 2 aromatic carbocycles. The Morgan fingerprint density at radius 2 is 1.54 bits per heavy atom. The molecule has 2 rings (SSSR count). The van der Waals surface area contributed by atoms with Crippen LogP contribution >= 0.6 is 0 Å². The fraction of sp³-hybridized carbons (Fsp3) is 0.429. The van der Waals surface area contributed by atoms with Crippen molar-refractivity contribution in [1.29, 1.82) is 0 Å². The Bertz CT molecular complexity index is 613. The summed E-state index contributed by atoms with van der Waals surface area (Å²) in [5, 5.41) is 3.46. The Labute approximate surface area is 146 Å². The number of para-hydroxylation sites is 1. The highest BCUT2D eigenvalue weighted by molar-refractivity contribution is 5.55. The number of rotatable bonds is 8. The molecule has 0 spiro atoms. The minimum absolute atomic E-state index is 0.104. The third kappa shape index (κ3) is 4.67. The first kappa shape index (κ1) is 18.2. The molecule has 0 aromatic heterocycles. The molecule has 0 amide bonds.